The van der Waals surface area contributed by atoms with Crippen LogP contribution in [-0.4, -0.2) is 44.2 Å². The van der Waals surface area contributed by atoms with Gasteiger partial charge in [0, 0.05) is 31.7 Å². The van der Waals surface area contributed by atoms with Gasteiger partial charge in [0.05, 0.1) is 5.92 Å². The molecule has 1 aromatic heterocycles. The van der Waals surface area contributed by atoms with E-state index in [9.17, 15) is 18.0 Å². The predicted molar refractivity (Wildman–Crippen MR) is 148 cm³/mol. The second-order valence-corrected chi connectivity index (χ2v) is 12.5. The Balaban J connectivity index is 0.00000241. The van der Waals surface area contributed by atoms with Crippen molar-refractivity contribution in [3.05, 3.63) is 73.7 Å². The number of sulfonamides is 1. The first kappa shape index (κ1) is 31.0. The zero-order valence-electron chi connectivity index (χ0n) is 21.4. The number of nitrogens with one attached hydrogen (secondary N) is 2. The molecule has 2 fully saturated rings. The van der Waals surface area contributed by atoms with Crippen LogP contribution in [0.15, 0.2) is 46.0 Å². The first-order valence-corrected chi connectivity index (χ1v) is 14.8. The molecule has 1 unspecified atom stereocenters. The smallest absolute Gasteiger partial charge is 0.252 e. The van der Waals surface area contributed by atoms with E-state index in [1.54, 1.807) is 35.7 Å². The maximum absolute atomic E-state index is 13.2. The van der Waals surface area contributed by atoms with E-state index in [2.05, 4.69) is 10.6 Å². The number of carbonyl (C=O) groups is 2. The second-order valence-electron chi connectivity index (χ2n) is 9.42. The highest BCUT2D eigenvalue weighted by molar-refractivity contribution is 7.91. The van der Waals surface area contributed by atoms with E-state index in [4.69, 9.17) is 0 Å². The van der Waals surface area contributed by atoms with E-state index in [0.717, 1.165) is 43.6 Å². The molecule has 0 bridgehead atoms. The summed E-state index contributed by atoms with van der Waals surface area (Å²) in [4.78, 5) is 24.9. The molecule has 9 heteroatoms. The van der Waals surface area contributed by atoms with Crippen molar-refractivity contribution in [3.8, 4) is 0 Å². The Morgan fingerprint density at radius 1 is 0.946 bits per heavy atom. The Labute approximate surface area is 227 Å². The Morgan fingerprint density at radius 2 is 1.62 bits per heavy atom. The largest absolute Gasteiger partial charge is 0.355 e. The van der Waals surface area contributed by atoms with Gasteiger partial charge in [0.25, 0.3) is 15.9 Å². The van der Waals surface area contributed by atoms with Gasteiger partial charge in [-0.1, -0.05) is 65.2 Å². The van der Waals surface area contributed by atoms with Gasteiger partial charge in [0.15, 0.2) is 0 Å². The van der Waals surface area contributed by atoms with Crippen LogP contribution < -0.4 is 10.6 Å². The Kier molecular flexibility index (Phi) is 12.3. The van der Waals surface area contributed by atoms with Crippen LogP contribution in [0.5, 0.6) is 0 Å². The van der Waals surface area contributed by atoms with E-state index in [-0.39, 0.29) is 43.3 Å². The minimum Gasteiger partial charge on any atom is -0.355 e. The molecule has 1 aliphatic carbocycles. The van der Waals surface area contributed by atoms with Gasteiger partial charge >= 0.3 is 0 Å². The zero-order chi connectivity index (χ0) is 24.7. The first-order valence-electron chi connectivity index (χ1n) is 12.5. The minimum absolute atomic E-state index is 0. The second kappa shape index (κ2) is 14.6. The minimum atomic E-state index is -3.59. The fourth-order valence-corrected chi connectivity index (χ4v) is 7.58. The van der Waals surface area contributed by atoms with Gasteiger partial charge in [-0.25, -0.2) is 8.42 Å². The summed E-state index contributed by atoms with van der Waals surface area (Å²) in [5.41, 5.74) is 1.33. The predicted octanol–water partition coefficient (Wildman–Crippen LogP) is 4.78. The Bertz CT molecular complexity index is 1090. The van der Waals surface area contributed by atoms with E-state index in [1.807, 2.05) is 6.07 Å². The quantitative estimate of drug-likeness (QED) is 0.500. The van der Waals surface area contributed by atoms with Crippen molar-refractivity contribution in [1.82, 2.24) is 14.9 Å². The summed E-state index contributed by atoms with van der Waals surface area (Å²) in [5.74, 6) is 0.974. The molecule has 0 spiro atoms. The molecule has 2 heterocycles. The van der Waals surface area contributed by atoms with Crippen molar-refractivity contribution in [2.45, 2.75) is 62.1 Å². The summed E-state index contributed by atoms with van der Waals surface area (Å²) in [5, 5.41) is 7.68. The van der Waals surface area contributed by atoms with Gasteiger partial charge in [-0.05, 0) is 54.3 Å². The normalized spacial score (nSPS) is 19.1. The van der Waals surface area contributed by atoms with E-state index in [1.165, 1.54) is 34.9 Å². The van der Waals surface area contributed by atoms with E-state index < -0.39 is 10.0 Å². The molecule has 1 saturated heterocycles. The third-order valence-electron chi connectivity index (χ3n) is 6.79. The monoisotopic (exact) mass is 544 g/mol. The van der Waals surface area contributed by atoms with Crippen molar-refractivity contribution in [2.24, 2.45) is 5.92 Å². The maximum atomic E-state index is 13.2. The van der Waals surface area contributed by atoms with Crippen LogP contribution in [0.4, 0.5) is 0 Å². The van der Waals surface area contributed by atoms with Crippen LogP contribution in [0.1, 0.15) is 67.3 Å². The summed E-state index contributed by atoms with van der Waals surface area (Å²) >= 11 is 1.18. The lowest BCUT2D eigenvalue weighted by molar-refractivity contribution is -0.120. The fourth-order valence-electron chi connectivity index (χ4n) is 4.69. The number of hydrogen-bond donors (Lipinski definition) is 2. The van der Waals surface area contributed by atoms with Gasteiger partial charge < -0.3 is 10.6 Å². The average molecular weight is 545 g/mol. The van der Waals surface area contributed by atoms with Gasteiger partial charge in [-0.3, -0.25) is 9.59 Å². The molecule has 4 rings (SSSR count). The summed E-state index contributed by atoms with van der Waals surface area (Å²) in [6, 6.07) is 10.6. The van der Waals surface area contributed by atoms with Crippen LogP contribution in [0.25, 0.3) is 0 Å². The number of benzene rings is 1. The lowest BCUT2D eigenvalue weighted by Gasteiger charge is -2.20. The molecule has 5 radical (unpaired) electrons. The zero-order valence-corrected chi connectivity index (χ0v) is 23.0. The highest BCUT2D eigenvalue weighted by Gasteiger charge is 2.34. The van der Waals surface area contributed by atoms with Gasteiger partial charge in [-0.15, -0.1) is 11.3 Å². The molecule has 1 aromatic carbocycles. The first-order chi connectivity index (χ1) is 16.9. The molecule has 2 N–H and O–H groups in total. The van der Waals surface area contributed by atoms with Crippen molar-refractivity contribution in [3.63, 3.8) is 0 Å². The van der Waals surface area contributed by atoms with Gasteiger partial charge in [0.2, 0.25) is 5.91 Å². The molecule has 1 atom stereocenters. The molecule has 2 amide bonds. The van der Waals surface area contributed by atoms with E-state index in [0.29, 0.717) is 25.2 Å². The number of thiophene rings is 1. The highest BCUT2D eigenvalue weighted by Crippen LogP contribution is 2.29. The van der Waals surface area contributed by atoms with E-state index >= 15 is 0 Å². The van der Waals surface area contributed by atoms with Crippen LogP contribution in [0.3, 0.4) is 0 Å². The number of hydrogen-bond acceptors (Lipinski definition) is 5. The van der Waals surface area contributed by atoms with Crippen molar-refractivity contribution in [2.75, 3.05) is 19.6 Å². The molecule has 201 valence electrons. The molecule has 37 heavy (non-hydrogen) atoms. The molecule has 1 saturated carbocycles. The SMILES string of the molecule is O=C(NCC1CCN(S(=O)(=O)c2cc(CNC(=O)c3ccccc3)cs2)C1)[C]1CCCCCCC1.[CH2].[CH2]. The fraction of sp³-hybridized carbons (Fsp3) is 0.464. The summed E-state index contributed by atoms with van der Waals surface area (Å²) in [6.45, 7) is 1.65. The number of nitrogens with zero attached hydrogens (tertiary/aromatic N) is 1. The number of carbonyl (C=O) groups excluding carboxylic acids is 2. The maximum Gasteiger partial charge on any atom is 0.252 e. The third kappa shape index (κ3) is 8.38. The van der Waals surface area contributed by atoms with Crippen LogP contribution in [-0.2, 0) is 21.4 Å². The van der Waals surface area contributed by atoms with Gasteiger partial charge in [-0.2, -0.15) is 4.31 Å². The standard InChI is InChI=1S/C26H34N3O4S2.2CH2/c30-25(22-9-5-2-1-3-6-10-22)27-16-20-13-14-29(18-20)35(32,33)24-15-21(19-34-24)17-28-26(31)23-11-7-4-8-12-23;;/h4,7-8,11-12,15,19-20H,1-3,5-6,9-10,13-14,16-18H2,(H,27,30)(H,28,31);2*1H2. The summed E-state index contributed by atoms with van der Waals surface area (Å²) < 4.78 is 28.1. The topological polar surface area (TPSA) is 95.6 Å². The van der Waals surface area contributed by atoms with Crippen molar-refractivity contribution >= 4 is 33.2 Å². The lowest BCUT2D eigenvalue weighted by atomic mass is 9.90. The Morgan fingerprint density at radius 3 is 2.32 bits per heavy atom. The molecule has 7 nitrogen and oxygen atoms in total. The average Bonchev–Trinajstić information content (AvgIpc) is 3.52. The van der Waals surface area contributed by atoms with Crippen molar-refractivity contribution in [1.29, 1.82) is 0 Å². The van der Waals surface area contributed by atoms with Crippen LogP contribution in [0, 0.1) is 26.7 Å². The summed E-state index contributed by atoms with van der Waals surface area (Å²) in [7, 11) is -3.59. The molecule has 2 aliphatic rings. The molecule has 2 aromatic rings. The lowest BCUT2D eigenvalue weighted by Crippen LogP contribution is -2.35. The number of rotatable bonds is 8. The molecule has 1 aliphatic heterocycles. The van der Waals surface area contributed by atoms with Crippen molar-refractivity contribution < 1.29 is 18.0 Å². The summed E-state index contributed by atoms with van der Waals surface area (Å²) in [6.07, 6.45) is 8.29. The van der Waals surface area contributed by atoms with Crippen LogP contribution >= 0.6 is 11.3 Å². The Hall–Kier alpha value is -2.23. The highest BCUT2D eigenvalue weighted by atomic mass is 32.2. The third-order valence-corrected chi connectivity index (χ3v) is 10.1. The van der Waals surface area contributed by atoms with Crippen LogP contribution in [0.2, 0.25) is 0 Å². The number of amides is 2. The van der Waals surface area contributed by atoms with Gasteiger partial charge in [0.1, 0.15) is 4.21 Å². The molecular weight excluding hydrogens is 506 g/mol. The molecular formula is C28H38N3O4S2.